The van der Waals surface area contributed by atoms with E-state index in [1.807, 2.05) is 6.08 Å². The monoisotopic (exact) mass is 295 g/mol. The third-order valence-electron chi connectivity index (χ3n) is 3.41. The molecule has 0 unspecified atom stereocenters. The van der Waals surface area contributed by atoms with Crippen molar-refractivity contribution < 1.29 is 18.3 Å². The van der Waals surface area contributed by atoms with Gasteiger partial charge < -0.3 is 10.1 Å². The summed E-state index contributed by atoms with van der Waals surface area (Å²) in [5.41, 5.74) is 0. The van der Waals surface area contributed by atoms with Crippen LogP contribution in [0.4, 0.5) is 8.78 Å². The Morgan fingerprint density at radius 1 is 1.43 bits per heavy atom. The van der Waals surface area contributed by atoms with Crippen molar-refractivity contribution in [3.8, 4) is 5.75 Å². The molecular weight excluding hydrogens is 276 g/mol. The third kappa shape index (κ3) is 4.55. The Morgan fingerprint density at radius 2 is 2.24 bits per heavy atom. The normalized spacial score (nSPS) is 19.1. The van der Waals surface area contributed by atoms with Crippen LogP contribution in [-0.2, 0) is 4.79 Å². The van der Waals surface area contributed by atoms with E-state index >= 15 is 0 Å². The van der Waals surface area contributed by atoms with E-state index in [-0.39, 0.29) is 30.2 Å². The van der Waals surface area contributed by atoms with Crippen LogP contribution in [0.5, 0.6) is 5.75 Å². The number of carbonyl (C=O) groups excluding carboxylic acids is 1. The Labute approximate surface area is 123 Å². The van der Waals surface area contributed by atoms with Crippen molar-refractivity contribution in [3.05, 3.63) is 42.0 Å². The van der Waals surface area contributed by atoms with Crippen LogP contribution >= 0.6 is 0 Å². The second-order valence-corrected chi connectivity index (χ2v) is 5.28. The predicted octanol–water partition coefficient (Wildman–Crippen LogP) is 3.20. The van der Waals surface area contributed by atoms with Gasteiger partial charge in [-0.1, -0.05) is 12.2 Å². The number of carbonyl (C=O) groups is 1. The molecule has 1 amide bonds. The Bertz CT molecular complexity index is 531. The van der Waals surface area contributed by atoms with Gasteiger partial charge in [-0.05, 0) is 38.3 Å². The Hall–Kier alpha value is -1.91. The van der Waals surface area contributed by atoms with Crippen molar-refractivity contribution in [2.75, 3.05) is 6.61 Å². The first kappa shape index (κ1) is 15.5. The van der Waals surface area contributed by atoms with Crippen LogP contribution in [0.3, 0.4) is 0 Å². The average molecular weight is 295 g/mol. The van der Waals surface area contributed by atoms with Gasteiger partial charge in [-0.15, -0.1) is 0 Å². The molecule has 0 aromatic heterocycles. The lowest BCUT2D eigenvalue weighted by atomic mass is 9.93. The van der Waals surface area contributed by atoms with Gasteiger partial charge in [0.15, 0.2) is 11.6 Å². The molecule has 0 bridgehead atoms. The highest BCUT2D eigenvalue weighted by molar-refractivity contribution is 5.79. The van der Waals surface area contributed by atoms with Gasteiger partial charge in [-0.25, -0.2) is 8.78 Å². The van der Waals surface area contributed by atoms with Crippen molar-refractivity contribution in [1.82, 2.24) is 5.32 Å². The van der Waals surface area contributed by atoms with E-state index in [9.17, 15) is 13.6 Å². The van der Waals surface area contributed by atoms with Crippen molar-refractivity contribution >= 4 is 5.91 Å². The molecule has 1 N–H and O–H groups in total. The van der Waals surface area contributed by atoms with E-state index in [1.54, 1.807) is 6.92 Å². The highest BCUT2D eigenvalue weighted by Gasteiger charge is 2.20. The summed E-state index contributed by atoms with van der Waals surface area (Å²) < 4.78 is 31.4. The maximum atomic E-state index is 13.4. The first-order valence-corrected chi connectivity index (χ1v) is 7.09. The zero-order chi connectivity index (χ0) is 15.2. The minimum absolute atomic E-state index is 0.00000672. The summed E-state index contributed by atoms with van der Waals surface area (Å²) in [7, 11) is 0. The molecule has 2 atom stereocenters. The number of allylic oxidation sites excluding steroid dienone is 2. The van der Waals surface area contributed by atoms with Gasteiger partial charge in [0, 0.05) is 12.0 Å². The summed E-state index contributed by atoms with van der Waals surface area (Å²) in [6.45, 7) is 1.93. The van der Waals surface area contributed by atoms with Gasteiger partial charge in [-0.2, -0.15) is 0 Å². The number of benzene rings is 1. The van der Waals surface area contributed by atoms with Gasteiger partial charge in [-0.3, -0.25) is 4.79 Å². The van der Waals surface area contributed by atoms with E-state index in [0.717, 1.165) is 31.4 Å². The topological polar surface area (TPSA) is 38.3 Å². The molecule has 0 fully saturated rings. The highest BCUT2D eigenvalue weighted by atomic mass is 19.1. The van der Waals surface area contributed by atoms with Gasteiger partial charge in [0.25, 0.3) is 0 Å². The molecule has 2 rings (SSSR count). The van der Waals surface area contributed by atoms with Crippen molar-refractivity contribution in [2.45, 2.75) is 32.2 Å². The minimum atomic E-state index is -0.744. The number of halogens is 2. The molecule has 0 spiro atoms. The Morgan fingerprint density at radius 3 is 2.90 bits per heavy atom. The lowest BCUT2D eigenvalue weighted by Gasteiger charge is -2.21. The molecule has 21 heavy (non-hydrogen) atoms. The highest BCUT2D eigenvalue weighted by Crippen LogP contribution is 2.19. The van der Waals surface area contributed by atoms with Crippen molar-refractivity contribution in [3.63, 3.8) is 0 Å². The molecule has 3 nitrogen and oxygen atoms in total. The SMILES string of the molecule is C[C@H](COc1ccc(F)cc1F)NC(=O)[C@@H]1CC=CCC1. The minimum Gasteiger partial charge on any atom is -0.488 e. The fourth-order valence-electron chi connectivity index (χ4n) is 2.24. The van der Waals surface area contributed by atoms with Crippen LogP contribution in [0.15, 0.2) is 30.4 Å². The molecule has 0 saturated heterocycles. The van der Waals surface area contributed by atoms with E-state index in [0.29, 0.717) is 0 Å². The summed E-state index contributed by atoms with van der Waals surface area (Å²) in [4.78, 5) is 12.0. The Kier molecular flexibility index (Phi) is 5.31. The smallest absolute Gasteiger partial charge is 0.223 e. The third-order valence-corrected chi connectivity index (χ3v) is 3.41. The van der Waals surface area contributed by atoms with E-state index in [2.05, 4.69) is 11.4 Å². The summed E-state index contributed by atoms with van der Waals surface area (Å²) in [5, 5.41) is 2.86. The molecule has 0 aliphatic heterocycles. The number of nitrogens with one attached hydrogen (secondary N) is 1. The van der Waals surface area contributed by atoms with Crippen LogP contribution in [0.2, 0.25) is 0 Å². The molecule has 0 saturated carbocycles. The largest absolute Gasteiger partial charge is 0.488 e. The molecule has 114 valence electrons. The van der Waals surface area contributed by atoms with Crippen LogP contribution in [0.1, 0.15) is 26.2 Å². The molecule has 1 aromatic carbocycles. The number of ether oxygens (including phenoxy) is 1. The second kappa shape index (κ2) is 7.20. The standard InChI is InChI=1S/C16H19F2NO2/c1-11(19-16(20)12-5-3-2-4-6-12)10-21-15-8-7-13(17)9-14(15)18/h2-3,7-9,11-12H,4-6,10H2,1H3,(H,19,20)/t11-,12-/m1/s1. The fraction of sp³-hybridized carbons (Fsp3) is 0.438. The van der Waals surface area contributed by atoms with Gasteiger partial charge >= 0.3 is 0 Å². The fourth-order valence-corrected chi connectivity index (χ4v) is 2.24. The summed E-state index contributed by atoms with van der Waals surface area (Å²) in [6, 6.07) is 2.90. The van der Waals surface area contributed by atoms with Gasteiger partial charge in [0.1, 0.15) is 12.4 Å². The second-order valence-electron chi connectivity index (χ2n) is 5.28. The van der Waals surface area contributed by atoms with E-state index in [1.165, 1.54) is 6.07 Å². The van der Waals surface area contributed by atoms with Crippen LogP contribution in [0.25, 0.3) is 0 Å². The Balaban J connectivity index is 1.80. The first-order chi connectivity index (χ1) is 10.1. The number of hydrogen-bond donors (Lipinski definition) is 1. The molecule has 0 radical (unpaired) electrons. The van der Waals surface area contributed by atoms with E-state index < -0.39 is 11.6 Å². The van der Waals surface area contributed by atoms with E-state index in [4.69, 9.17) is 4.74 Å². The van der Waals surface area contributed by atoms with Crippen LogP contribution in [-0.4, -0.2) is 18.6 Å². The lowest BCUT2D eigenvalue weighted by Crippen LogP contribution is -2.40. The predicted molar refractivity (Wildman–Crippen MR) is 75.9 cm³/mol. The summed E-state index contributed by atoms with van der Waals surface area (Å²) >= 11 is 0. The number of amides is 1. The maximum absolute atomic E-state index is 13.4. The maximum Gasteiger partial charge on any atom is 0.223 e. The zero-order valence-electron chi connectivity index (χ0n) is 11.9. The number of rotatable bonds is 5. The molecule has 1 aromatic rings. The zero-order valence-corrected chi connectivity index (χ0v) is 11.9. The average Bonchev–Trinajstić information content (AvgIpc) is 2.47. The lowest BCUT2D eigenvalue weighted by molar-refractivity contribution is -0.126. The first-order valence-electron chi connectivity index (χ1n) is 7.09. The molecule has 1 aliphatic carbocycles. The molecular formula is C16H19F2NO2. The molecule has 5 heteroatoms. The van der Waals surface area contributed by atoms with Gasteiger partial charge in [0.2, 0.25) is 5.91 Å². The number of hydrogen-bond acceptors (Lipinski definition) is 2. The van der Waals surface area contributed by atoms with Gasteiger partial charge in [0.05, 0.1) is 6.04 Å². The van der Waals surface area contributed by atoms with Crippen LogP contribution < -0.4 is 10.1 Å². The van der Waals surface area contributed by atoms with Crippen LogP contribution in [0, 0.1) is 17.6 Å². The van der Waals surface area contributed by atoms with Crippen molar-refractivity contribution in [1.29, 1.82) is 0 Å². The summed E-state index contributed by atoms with van der Waals surface area (Å²) in [6.07, 6.45) is 6.62. The van der Waals surface area contributed by atoms with Crippen molar-refractivity contribution in [2.24, 2.45) is 5.92 Å². The quantitative estimate of drug-likeness (QED) is 0.847. The summed E-state index contributed by atoms with van der Waals surface area (Å²) in [5.74, 6) is -1.41. The molecule has 1 aliphatic rings. The molecule has 0 heterocycles.